The second kappa shape index (κ2) is 14.0. The fourth-order valence-corrected chi connectivity index (χ4v) is 9.59. The van der Waals surface area contributed by atoms with Crippen LogP contribution in [0.5, 0.6) is 0 Å². The lowest BCUT2D eigenvalue weighted by Crippen LogP contribution is -2.34. The van der Waals surface area contributed by atoms with Gasteiger partial charge in [-0.1, -0.05) is 140 Å². The average Bonchev–Trinajstić information content (AvgIpc) is 3.58. The van der Waals surface area contributed by atoms with Gasteiger partial charge in [-0.05, 0) is 131 Å². The zero-order valence-electron chi connectivity index (χ0n) is 30.6. The normalized spacial score (nSPS) is 18.9. The molecule has 3 aliphatic rings. The molecule has 2 aliphatic carbocycles. The van der Waals surface area contributed by atoms with E-state index < -0.39 is 0 Å². The zero-order chi connectivity index (χ0) is 35.8. The standard InChI is InChI=1S/C52H44N2/c1-4-14-37(15-5-1)38-26-31-44(32-27-38)53(42-18-6-2-7-19-42)45-33-28-39(29-34-45)46-23-12-16-40-17-13-24-47(52(40)46)41-30-35-51-49(36-41)48-22-10-11-25-50(48)54(51)43-20-8-3-9-21-43/h1,3-6,8-29,31-34,41,49,51H,2,7,30,35-36H2. The van der Waals surface area contributed by atoms with E-state index in [-0.39, 0.29) is 0 Å². The maximum Gasteiger partial charge on any atom is 0.0461 e. The Labute approximate surface area is 319 Å². The van der Waals surface area contributed by atoms with E-state index >= 15 is 0 Å². The third-order valence-corrected chi connectivity index (χ3v) is 12.1. The van der Waals surface area contributed by atoms with Crippen LogP contribution in [0.15, 0.2) is 194 Å². The average molecular weight is 697 g/mol. The van der Waals surface area contributed by atoms with Gasteiger partial charge in [0, 0.05) is 40.4 Å². The lowest BCUT2D eigenvalue weighted by Gasteiger charge is -2.37. The van der Waals surface area contributed by atoms with Crippen molar-refractivity contribution in [3.8, 4) is 22.3 Å². The van der Waals surface area contributed by atoms with Crippen molar-refractivity contribution in [3.63, 3.8) is 0 Å². The number of allylic oxidation sites excluding steroid dienone is 3. The molecule has 10 rings (SSSR count). The van der Waals surface area contributed by atoms with Gasteiger partial charge in [-0.25, -0.2) is 0 Å². The quantitative estimate of drug-likeness (QED) is 0.164. The summed E-state index contributed by atoms with van der Waals surface area (Å²) in [5.41, 5.74) is 14.3. The number of fused-ring (bicyclic) bond motifs is 4. The minimum absolute atomic E-state index is 0.495. The van der Waals surface area contributed by atoms with Crippen molar-refractivity contribution in [2.75, 3.05) is 9.80 Å². The molecule has 3 atom stereocenters. The Morgan fingerprint density at radius 2 is 1.17 bits per heavy atom. The number of para-hydroxylation sites is 2. The topological polar surface area (TPSA) is 6.48 Å². The lowest BCUT2D eigenvalue weighted by atomic mass is 9.72. The highest BCUT2D eigenvalue weighted by Crippen LogP contribution is 2.54. The Morgan fingerprint density at radius 1 is 0.519 bits per heavy atom. The smallest absolute Gasteiger partial charge is 0.0461 e. The van der Waals surface area contributed by atoms with Gasteiger partial charge < -0.3 is 9.80 Å². The predicted molar refractivity (Wildman–Crippen MR) is 228 cm³/mol. The first kappa shape index (κ1) is 32.5. The lowest BCUT2D eigenvalue weighted by molar-refractivity contribution is 0.362. The molecular formula is C52H44N2. The van der Waals surface area contributed by atoms with Crippen molar-refractivity contribution in [2.24, 2.45) is 0 Å². The van der Waals surface area contributed by atoms with E-state index in [1.165, 1.54) is 85.4 Å². The molecule has 0 N–H and O–H groups in total. The monoisotopic (exact) mass is 696 g/mol. The molecule has 0 spiro atoms. The molecule has 0 aromatic heterocycles. The molecular weight excluding hydrogens is 653 g/mol. The molecule has 7 aromatic carbocycles. The summed E-state index contributed by atoms with van der Waals surface area (Å²) < 4.78 is 0. The molecule has 7 aromatic rings. The number of benzene rings is 7. The van der Waals surface area contributed by atoms with E-state index in [1.54, 1.807) is 0 Å². The van der Waals surface area contributed by atoms with Crippen LogP contribution in [-0.4, -0.2) is 6.04 Å². The summed E-state index contributed by atoms with van der Waals surface area (Å²) in [6, 6.07) is 63.4. The van der Waals surface area contributed by atoms with E-state index in [4.69, 9.17) is 0 Å². The highest BCUT2D eigenvalue weighted by atomic mass is 15.2. The third-order valence-electron chi connectivity index (χ3n) is 12.1. The maximum atomic E-state index is 2.63. The fourth-order valence-electron chi connectivity index (χ4n) is 9.59. The summed E-state index contributed by atoms with van der Waals surface area (Å²) in [6.07, 6.45) is 12.6. The van der Waals surface area contributed by atoms with Crippen molar-refractivity contribution >= 4 is 33.5 Å². The molecule has 1 fully saturated rings. The van der Waals surface area contributed by atoms with Gasteiger partial charge in [0.2, 0.25) is 0 Å². The van der Waals surface area contributed by atoms with Gasteiger partial charge in [-0.15, -0.1) is 0 Å². The summed E-state index contributed by atoms with van der Waals surface area (Å²) in [6.45, 7) is 0. The second-order valence-corrected chi connectivity index (χ2v) is 15.1. The minimum Gasteiger partial charge on any atom is -0.338 e. The highest BCUT2D eigenvalue weighted by Gasteiger charge is 2.43. The third kappa shape index (κ3) is 5.83. The number of hydrogen-bond donors (Lipinski definition) is 0. The fraction of sp³-hybridized carbons (Fsp3) is 0.154. The Morgan fingerprint density at radius 3 is 1.91 bits per heavy atom. The van der Waals surface area contributed by atoms with Crippen molar-refractivity contribution in [1.29, 1.82) is 0 Å². The van der Waals surface area contributed by atoms with Crippen LogP contribution >= 0.6 is 0 Å². The van der Waals surface area contributed by atoms with Gasteiger partial charge in [-0.3, -0.25) is 0 Å². The Hall–Kier alpha value is -6.12. The van der Waals surface area contributed by atoms with Crippen molar-refractivity contribution in [2.45, 2.75) is 50.0 Å². The largest absolute Gasteiger partial charge is 0.338 e. The van der Waals surface area contributed by atoms with Gasteiger partial charge in [-0.2, -0.15) is 0 Å². The molecule has 262 valence electrons. The van der Waals surface area contributed by atoms with Crippen LogP contribution in [0.25, 0.3) is 33.0 Å². The SMILES string of the molecule is C1=CC(N(c2ccc(-c3ccccc3)cc2)c2ccc(-c3cccc4cccc(C5CCC6C(C5)c5ccccc5N6c5ccccc5)c34)cc2)=CCC1. The highest BCUT2D eigenvalue weighted by molar-refractivity contribution is 5.99. The summed E-state index contributed by atoms with van der Waals surface area (Å²) in [5.74, 6) is 1.01. The molecule has 2 heteroatoms. The molecule has 1 heterocycles. The van der Waals surface area contributed by atoms with Crippen LogP contribution in [0, 0.1) is 0 Å². The van der Waals surface area contributed by atoms with E-state index in [0.29, 0.717) is 17.9 Å². The zero-order valence-corrected chi connectivity index (χ0v) is 30.6. The van der Waals surface area contributed by atoms with Gasteiger partial charge >= 0.3 is 0 Å². The van der Waals surface area contributed by atoms with Crippen molar-refractivity contribution in [3.05, 3.63) is 205 Å². The predicted octanol–water partition coefficient (Wildman–Crippen LogP) is 14.1. The molecule has 0 radical (unpaired) electrons. The summed E-state index contributed by atoms with van der Waals surface area (Å²) in [5, 5.41) is 2.74. The van der Waals surface area contributed by atoms with Crippen LogP contribution in [-0.2, 0) is 0 Å². The summed E-state index contributed by atoms with van der Waals surface area (Å²) in [4.78, 5) is 5.03. The first-order chi connectivity index (χ1) is 26.8. The molecule has 0 bridgehead atoms. The number of anilines is 4. The van der Waals surface area contributed by atoms with Gasteiger partial charge in [0.05, 0.1) is 0 Å². The first-order valence-corrected chi connectivity index (χ1v) is 19.7. The van der Waals surface area contributed by atoms with Crippen molar-refractivity contribution in [1.82, 2.24) is 0 Å². The summed E-state index contributed by atoms with van der Waals surface area (Å²) >= 11 is 0. The van der Waals surface area contributed by atoms with Gasteiger partial charge in [0.1, 0.15) is 0 Å². The molecule has 0 saturated heterocycles. The first-order valence-electron chi connectivity index (χ1n) is 19.7. The van der Waals surface area contributed by atoms with E-state index in [0.717, 1.165) is 19.3 Å². The van der Waals surface area contributed by atoms with Crippen LogP contribution in [0.2, 0.25) is 0 Å². The number of nitrogens with zero attached hydrogens (tertiary/aromatic N) is 2. The Kier molecular flexibility index (Phi) is 8.45. The number of hydrogen-bond acceptors (Lipinski definition) is 2. The van der Waals surface area contributed by atoms with Crippen LogP contribution in [0.3, 0.4) is 0 Å². The molecule has 1 aliphatic heterocycles. The Balaban J connectivity index is 0.987. The molecule has 54 heavy (non-hydrogen) atoms. The summed E-state index contributed by atoms with van der Waals surface area (Å²) in [7, 11) is 0. The minimum atomic E-state index is 0.495. The van der Waals surface area contributed by atoms with Crippen molar-refractivity contribution < 1.29 is 0 Å². The number of rotatable bonds is 7. The van der Waals surface area contributed by atoms with E-state index in [1.807, 2.05) is 0 Å². The van der Waals surface area contributed by atoms with Gasteiger partial charge in [0.15, 0.2) is 0 Å². The molecule has 2 nitrogen and oxygen atoms in total. The van der Waals surface area contributed by atoms with E-state index in [9.17, 15) is 0 Å². The van der Waals surface area contributed by atoms with Crippen LogP contribution in [0.1, 0.15) is 55.1 Å². The molecule has 1 saturated carbocycles. The second-order valence-electron chi connectivity index (χ2n) is 15.1. The maximum absolute atomic E-state index is 2.63. The van der Waals surface area contributed by atoms with Crippen LogP contribution in [0.4, 0.5) is 22.7 Å². The molecule has 3 unspecified atom stereocenters. The van der Waals surface area contributed by atoms with E-state index in [2.05, 4.69) is 198 Å². The Bertz CT molecular complexity index is 2470. The molecule has 0 amide bonds. The van der Waals surface area contributed by atoms with Crippen LogP contribution < -0.4 is 9.80 Å². The van der Waals surface area contributed by atoms with Gasteiger partial charge in [0.25, 0.3) is 0 Å².